The van der Waals surface area contributed by atoms with Crippen molar-refractivity contribution >= 4 is 29.4 Å². The van der Waals surface area contributed by atoms with Crippen LogP contribution in [0.3, 0.4) is 0 Å². The van der Waals surface area contributed by atoms with Gasteiger partial charge in [-0.15, -0.1) is 0 Å². The van der Waals surface area contributed by atoms with Crippen LogP contribution >= 0.6 is 0 Å². The van der Waals surface area contributed by atoms with Crippen LogP contribution in [0.4, 0.5) is 5.69 Å². The average Bonchev–Trinajstić information content (AvgIpc) is 3.34. The molecular formula is C22H18N4O6. The molecule has 2 heterocycles. The van der Waals surface area contributed by atoms with Crippen molar-refractivity contribution in [2.24, 2.45) is 0 Å². The van der Waals surface area contributed by atoms with E-state index < -0.39 is 30.3 Å². The van der Waals surface area contributed by atoms with Crippen LogP contribution in [0.5, 0.6) is 5.75 Å². The van der Waals surface area contributed by atoms with E-state index in [2.05, 4.69) is 10.4 Å². The quantitative estimate of drug-likeness (QED) is 0.465. The molecule has 0 saturated carbocycles. The number of para-hydroxylation sites is 1. The Morgan fingerprint density at radius 1 is 1.03 bits per heavy atom. The molecule has 1 N–H and O–H groups in total. The maximum Gasteiger partial charge on any atom is 0.363 e. The Hall–Kier alpha value is -4.47. The number of benzene rings is 2. The highest BCUT2D eigenvalue weighted by molar-refractivity contribution is 6.21. The number of hydrogen-bond donors (Lipinski definition) is 1. The summed E-state index contributed by atoms with van der Waals surface area (Å²) in [6, 6.07) is 13.5. The number of anilines is 1. The van der Waals surface area contributed by atoms with Gasteiger partial charge in [0, 0.05) is 12.7 Å². The second-order valence-corrected chi connectivity index (χ2v) is 6.88. The molecule has 2 aromatic carbocycles. The van der Waals surface area contributed by atoms with Crippen molar-refractivity contribution in [2.45, 2.75) is 0 Å². The van der Waals surface area contributed by atoms with Gasteiger partial charge in [-0.2, -0.15) is 5.10 Å². The van der Waals surface area contributed by atoms with E-state index in [1.807, 2.05) is 30.3 Å². The van der Waals surface area contributed by atoms with Gasteiger partial charge in [0.1, 0.15) is 0 Å². The third-order valence-electron chi connectivity index (χ3n) is 4.82. The van der Waals surface area contributed by atoms with Crippen molar-refractivity contribution in [1.29, 1.82) is 0 Å². The molecule has 0 radical (unpaired) electrons. The molecule has 0 spiro atoms. The molecule has 0 fully saturated rings. The fourth-order valence-corrected chi connectivity index (χ4v) is 3.20. The van der Waals surface area contributed by atoms with Crippen molar-refractivity contribution in [3.8, 4) is 11.4 Å². The Morgan fingerprint density at radius 2 is 1.75 bits per heavy atom. The van der Waals surface area contributed by atoms with Crippen molar-refractivity contribution < 1.29 is 28.7 Å². The number of fused-ring (bicyclic) bond motifs is 1. The normalized spacial score (nSPS) is 12.5. The van der Waals surface area contributed by atoms with Gasteiger partial charge in [-0.3, -0.25) is 19.3 Å². The van der Waals surface area contributed by atoms with Crippen LogP contribution in [-0.4, -0.2) is 59.1 Å². The average molecular weight is 434 g/mol. The molecule has 0 aliphatic carbocycles. The number of imide groups is 1. The maximum absolute atomic E-state index is 12.4. The van der Waals surface area contributed by atoms with Crippen LogP contribution in [-0.2, 0) is 9.53 Å². The zero-order valence-electron chi connectivity index (χ0n) is 17.2. The maximum atomic E-state index is 12.4. The van der Waals surface area contributed by atoms with Crippen molar-refractivity contribution in [3.05, 3.63) is 71.5 Å². The number of nitrogens with one attached hydrogen (secondary N) is 1. The number of nitrogens with zero attached hydrogens (tertiary/aromatic N) is 3. The number of aromatic nitrogens is 2. The minimum absolute atomic E-state index is 0.0752. The van der Waals surface area contributed by atoms with Crippen molar-refractivity contribution in [2.75, 3.05) is 26.1 Å². The zero-order valence-corrected chi connectivity index (χ0v) is 17.2. The first-order valence-electron chi connectivity index (χ1n) is 9.51. The standard InChI is InChI=1S/C22H18N4O6/c1-25-20(28)15-9-8-13(10-16(15)21(25)29)23-18(27)12-32-22(30)19-17(31-2)11-26(24-19)14-6-4-3-5-7-14/h3-11H,12H2,1-2H3,(H,23,27). The lowest BCUT2D eigenvalue weighted by molar-refractivity contribution is -0.119. The van der Waals surface area contributed by atoms with E-state index in [0.717, 1.165) is 10.6 Å². The summed E-state index contributed by atoms with van der Waals surface area (Å²) in [6.45, 7) is -0.579. The van der Waals surface area contributed by atoms with Gasteiger partial charge < -0.3 is 14.8 Å². The number of esters is 1. The predicted molar refractivity (Wildman–Crippen MR) is 112 cm³/mol. The second-order valence-electron chi connectivity index (χ2n) is 6.88. The van der Waals surface area contributed by atoms with Crippen LogP contribution in [0.15, 0.2) is 54.7 Å². The monoisotopic (exact) mass is 434 g/mol. The Labute approximate surface area is 182 Å². The van der Waals surface area contributed by atoms with E-state index in [1.165, 1.54) is 43.2 Å². The summed E-state index contributed by atoms with van der Waals surface area (Å²) in [6.07, 6.45) is 1.53. The topological polar surface area (TPSA) is 120 Å². The summed E-state index contributed by atoms with van der Waals surface area (Å²) < 4.78 is 11.7. The number of hydrogen-bond acceptors (Lipinski definition) is 7. The number of carbonyl (C=O) groups is 4. The molecule has 32 heavy (non-hydrogen) atoms. The van der Waals surface area contributed by atoms with Crippen LogP contribution in [0.1, 0.15) is 31.2 Å². The van der Waals surface area contributed by atoms with Gasteiger partial charge in [-0.25, -0.2) is 9.48 Å². The van der Waals surface area contributed by atoms with Gasteiger partial charge in [0.2, 0.25) is 5.69 Å². The van der Waals surface area contributed by atoms with Gasteiger partial charge in [-0.05, 0) is 30.3 Å². The van der Waals surface area contributed by atoms with E-state index in [1.54, 1.807) is 0 Å². The smallest absolute Gasteiger partial charge is 0.363 e. The van der Waals surface area contributed by atoms with E-state index in [4.69, 9.17) is 9.47 Å². The number of rotatable bonds is 6. The molecule has 10 nitrogen and oxygen atoms in total. The molecule has 4 rings (SSSR count). The zero-order chi connectivity index (χ0) is 22.8. The predicted octanol–water partition coefficient (Wildman–Crippen LogP) is 1.90. The minimum atomic E-state index is -0.831. The summed E-state index contributed by atoms with van der Waals surface area (Å²) in [5, 5.41) is 6.72. The SMILES string of the molecule is COc1cn(-c2ccccc2)nc1C(=O)OCC(=O)Nc1ccc2c(c1)C(=O)N(C)C2=O. The second kappa shape index (κ2) is 8.34. The third kappa shape index (κ3) is 3.81. The third-order valence-corrected chi connectivity index (χ3v) is 4.82. The number of methoxy groups -OCH3 is 1. The van der Waals surface area contributed by atoms with Crippen molar-refractivity contribution in [1.82, 2.24) is 14.7 Å². The highest BCUT2D eigenvalue weighted by Gasteiger charge is 2.32. The van der Waals surface area contributed by atoms with Crippen LogP contribution < -0.4 is 10.1 Å². The first-order chi connectivity index (χ1) is 15.4. The lowest BCUT2D eigenvalue weighted by Gasteiger charge is -2.07. The van der Waals surface area contributed by atoms with E-state index in [-0.39, 0.29) is 22.6 Å². The van der Waals surface area contributed by atoms with Crippen LogP contribution in [0.2, 0.25) is 0 Å². The van der Waals surface area contributed by atoms with E-state index in [0.29, 0.717) is 5.69 Å². The summed E-state index contributed by atoms with van der Waals surface area (Å²) in [5.41, 5.74) is 1.41. The molecule has 0 atom stereocenters. The van der Waals surface area contributed by atoms with E-state index in [9.17, 15) is 19.2 Å². The molecule has 0 bridgehead atoms. The highest BCUT2D eigenvalue weighted by atomic mass is 16.5. The van der Waals surface area contributed by atoms with Gasteiger partial charge in [0.25, 0.3) is 17.7 Å². The molecule has 3 amide bonds. The van der Waals surface area contributed by atoms with Crippen molar-refractivity contribution in [3.63, 3.8) is 0 Å². The molecule has 3 aromatic rings. The number of carbonyl (C=O) groups excluding carboxylic acids is 4. The van der Waals surface area contributed by atoms with Crippen LogP contribution in [0.25, 0.3) is 5.69 Å². The summed E-state index contributed by atoms with van der Waals surface area (Å²) >= 11 is 0. The summed E-state index contributed by atoms with van der Waals surface area (Å²) in [7, 11) is 2.78. The molecule has 10 heteroatoms. The first-order valence-corrected chi connectivity index (χ1v) is 9.51. The Kier molecular flexibility index (Phi) is 5.42. The molecule has 0 saturated heterocycles. The van der Waals surface area contributed by atoms with Gasteiger partial charge in [0.05, 0.1) is 30.1 Å². The molecular weight excluding hydrogens is 416 g/mol. The molecule has 1 aromatic heterocycles. The first kappa shape index (κ1) is 20.8. The number of ether oxygens (including phenoxy) is 2. The lowest BCUT2D eigenvalue weighted by atomic mass is 10.1. The van der Waals surface area contributed by atoms with Crippen LogP contribution in [0, 0.1) is 0 Å². The Balaban J connectivity index is 1.41. The molecule has 162 valence electrons. The fourth-order valence-electron chi connectivity index (χ4n) is 3.20. The Morgan fingerprint density at radius 3 is 2.47 bits per heavy atom. The molecule has 1 aliphatic rings. The van der Waals surface area contributed by atoms with E-state index >= 15 is 0 Å². The largest absolute Gasteiger partial charge is 0.493 e. The van der Waals surface area contributed by atoms with Gasteiger partial charge in [0.15, 0.2) is 12.4 Å². The van der Waals surface area contributed by atoms with Gasteiger partial charge in [-0.1, -0.05) is 18.2 Å². The number of amides is 3. The minimum Gasteiger partial charge on any atom is -0.493 e. The van der Waals surface area contributed by atoms with Gasteiger partial charge >= 0.3 is 5.97 Å². The fraction of sp³-hybridized carbons (Fsp3) is 0.136. The lowest BCUT2D eigenvalue weighted by Crippen LogP contribution is -2.24. The summed E-state index contributed by atoms with van der Waals surface area (Å²) in [5.74, 6) is -2.10. The highest BCUT2D eigenvalue weighted by Crippen LogP contribution is 2.25. The molecule has 1 aliphatic heterocycles. The molecule has 0 unspecified atom stereocenters. The Bertz CT molecular complexity index is 1230. The summed E-state index contributed by atoms with van der Waals surface area (Å²) in [4.78, 5) is 49.7.